The summed E-state index contributed by atoms with van der Waals surface area (Å²) in [5.41, 5.74) is 9.62. The zero-order valence-electron chi connectivity index (χ0n) is 7.42. The summed E-state index contributed by atoms with van der Waals surface area (Å²) >= 11 is 0. The lowest BCUT2D eigenvalue weighted by Crippen LogP contribution is -2.16. The normalized spacial score (nSPS) is 10.6. The van der Waals surface area contributed by atoms with Crippen molar-refractivity contribution in [2.24, 2.45) is 5.73 Å². The van der Waals surface area contributed by atoms with Crippen molar-refractivity contribution in [2.75, 3.05) is 5.73 Å². The number of rotatable bonds is 2. The van der Waals surface area contributed by atoms with Crippen molar-refractivity contribution in [1.82, 2.24) is 4.98 Å². The first-order valence-corrected chi connectivity index (χ1v) is 3.78. The van der Waals surface area contributed by atoms with Crippen molar-refractivity contribution in [3.05, 3.63) is 22.9 Å². The number of nitrogen functional groups attached to an aromatic ring is 1. The third-order valence-electron chi connectivity index (χ3n) is 1.89. The highest BCUT2D eigenvalue weighted by Crippen LogP contribution is 2.28. The monoisotopic (exact) mass is 201 g/mol. The Kier molecular flexibility index (Phi) is 2.64. The first-order valence-electron chi connectivity index (χ1n) is 3.78. The van der Waals surface area contributed by atoms with E-state index in [-0.39, 0.29) is 16.9 Å². The molecule has 0 saturated heterocycles. The lowest BCUT2D eigenvalue weighted by molar-refractivity contribution is 0.0985. The highest BCUT2D eigenvalue weighted by molar-refractivity contribution is 5.94. The largest absolute Gasteiger partial charge is 0.383 e. The maximum absolute atomic E-state index is 12.5. The number of nitrogens with two attached hydrogens (primary N) is 2. The van der Waals surface area contributed by atoms with Crippen molar-refractivity contribution in [1.29, 1.82) is 0 Å². The standard InChI is InChI=1S/C8H9F2N3O/c1-3-5(6(9)10)4(8(12)14)2-13-7(3)11/h2,6H,1H3,(H2,11,13)(H2,12,14). The van der Waals surface area contributed by atoms with Gasteiger partial charge in [0.1, 0.15) is 5.82 Å². The predicted molar refractivity (Wildman–Crippen MR) is 46.9 cm³/mol. The van der Waals surface area contributed by atoms with Crippen LogP contribution in [0.2, 0.25) is 0 Å². The molecular weight excluding hydrogens is 192 g/mol. The Balaban J connectivity index is 3.45. The number of hydrogen-bond acceptors (Lipinski definition) is 3. The second kappa shape index (κ2) is 3.57. The number of primary amides is 1. The van der Waals surface area contributed by atoms with E-state index >= 15 is 0 Å². The molecule has 4 nitrogen and oxygen atoms in total. The summed E-state index contributed by atoms with van der Waals surface area (Å²) in [4.78, 5) is 14.4. The zero-order chi connectivity index (χ0) is 10.9. The van der Waals surface area contributed by atoms with Gasteiger partial charge in [0.2, 0.25) is 0 Å². The second-order valence-corrected chi connectivity index (χ2v) is 2.76. The average molecular weight is 201 g/mol. The molecule has 6 heteroatoms. The molecule has 0 unspecified atom stereocenters. The van der Waals surface area contributed by atoms with Crippen LogP contribution >= 0.6 is 0 Å². The van der Waals surface area contributed by atoms with Crippen LogP contribution in [0.25, 0.3) is 0 Å². The van der Waals surface area contributed by atoms with Crippen LogP contribution in [0.5, 0.6) is 0 Å². The molecule has 14 heavy (non-hydrogen) atoms. The van der Waals surface area contributed by atoms with Gasteiger partial charge in [0.15, 0.2) is 0 Å². The first kappa shape index (κ1) is 10.4. The molecule has 1 amide bonds. The highest BCUT2D eigenvalue weighted by atomic mass is 19.3. The molecule has 1 rings (SSSR count). The number of aromatic nitrogens is 1. The molecule has 0 fully saturated rings. The van der Waals surface area contributed by atoms with E-state index in [2.05, 4.69) is 4.98 Å². The molecule has 0 atom stereocenters. The van der Waals surface area contributed by atoms with E-state index < -0.39 is 17.9 Å². The van der Waals surface area contributed by atoms with Gasteiger partial charge in [-0.05, 0) is 6.92 Å². The van der Waals surface area contributed by atoms with Crippen LogP contribution in [-0.2, 0) is 0 Å². The molecule has 76 valence electrons. The van der Waals surface area contributed by atoms with Crippen LogP contribution in [0.3, 0.4) is 0 Å². The van der Waals surface area contributed by atoms with E-state index in [0.29, 0.717) is 0 Å². The Bertz CT molecular complexity index is 379. The Morgan fingerprint density at radius 2 is 2.14 bits per heavy atom. The Morgan fingerprint density at radius 3 is 2.57 bits per heavy atom. The quantitative estimate of drug-likeness (QED) is 0.749. The SMILES string of the molecule is Cc1c(N)ncc(C(N)=O)c1C(F)F. The summed E-state index contributed by atoms with van der Waals surface area (Å²) in [6.45, 7) is 1.37. The molecule has 0 aromatic carbocycles. The van der Waals surface area contributed by atoms with Gasteiger partial charge in [0.25, 0.3) is 12.3 Å². The number of carbonyl (C=O) groups is 1. The minimum absolute atomic E-state index is 0.0229. The van der Waals surface area contributed by atoms with Crippen LogP contribution in [-0.4, -0.2) is 10.9 Å². The average Bonchev–Trinajstić information content (AvgIpc) is 2.08. The summed E-state index contributed by atoms with van der Waals surface area (Å²) in [5.74, 6) is -0.957. The predicted octanol–water partition coefficient (Wildman–Crippen LogP) is 1.01. The minimum Gasteiger partial charge on any atom is -0.383 e. The fourth-order valence-corrected chi connectivity index (χ4v) is 1.12. The number of nitrogens with zero attached hydrogens (tertiary/aromatic N) is 1. The number of anilines is 1. The van der Waals surface area contributed by atoms with Crippen LogP contribution < -0.4 is 11.5 Å². The Labute approximate surface area is 78.9 Å². The van der Waals surface area contributed by atoms with Gasteiger partial charge in [0, 0.05) is 17.3 Å². The summed E-state index contributed by atoms with van der Waals surface area (Å²) in [7, 11) is 0. The van der Waals surface area contributed by atoms with Crippen LogP contribution in [0, 0.1) is 6.92 Å². The first-order chi connectivity index (χ1) is 6.45. The summed E-state index contributed by atoms with van der Waals surface area (Å²) in [6, 6.07) is 0. The van der Waals surface area contributed by atoms with Crippen molar-refractivity contribution in [3.63, 3.8) is 0 Å². The molecule has 1 aromatic heterocycles. The van der Waals surface area contributed by atoms with Gasteiger partial charge in [0.05, 0.1) is 5.56 Å². The lowest BCUT2D eigenvalue weighted by Gasteiger charge is -2.10. The molecule has 0 bridgehead atoms. The topological polar surface area (TPSA) is 82.0 Å². The molecule has 1 heterocycles. The summed E-state index contributed by atoms with van der Waals surface area (Å²) in [5, 5.41) is 0. The van der Waals surface area contributed by atoms with E-state index in [1.807, 2.05) is 0 Å². The van der Waals surface area contributed by atoms with Crippen molar-refractivity contribution >= 4 is 11.7 Å². The van der Waals surface area contributed by atoms with Crippen LogP contribution in [0.1, 0.15) is 27.9 Å². The van der Waals surface area contributed by atoms with Crippen molar-refractivity contribution in [2.45, 2.75) is 13.3 Å². The number of amides is 1. The van der Waals surface area contributed by atoms with E-state index in [0.717, 1.165) is 6.20 Å². The van der Waals surface area contributed by atoms with Gasteiger partial charge in [-0.15, -0.1) is 0 Å². The molecule has 1 aromatic rings. The lowest BCUT2D eigenvalue weighted by atomic mass is 10.0. The molecule has 4 N–H and O–H groups in total. The molecular formula is C8H9F2N3O. The van der Waals surface area contributed by atoms with Gasteiger partial charge >= 0.3 is 0 Å². The number of alkyl halides is 2. The third kappa shape index (κ3) is 1.63. The number of pyridine rings is 1. The van der Waals surface area contributed by atoms with Gasteiger partial charge in [-0.3, -0.25) is 4.79 Å². The third-order valence-corrected chi connectivity index (χ3v) is 1.89. The fraction of sp³-hybridized carbons (Fsp3) is 0.250. The molecule has 0 aliphatic heterocycles. The number of hydrogen-bond donors (Lipinski definition) is 2. The minimum atomic E-state index is -2.79. The van der Waals surface area contributed by atoms with Crippen LogP contribution in [0.15, 0.2) is 6.20 Å². The molecule has 0 aliphatic rings. The van der Waals surface area contributed by atoms with E-state index in [1.165, 1.54) is 6.92 Å². The van der Waals surface area contributed by atoms with E-state index in [1.54, 1.807) is 0 Å². The maximum atomic E-state index is 12.5. The number of carbonyl (C=O) groups excluding carboxylic acids is 1. The Morgan fingerprint density at radius 1 is 1.57 bits per heavy atom. The van der Waals surface area contributed by atoms with E-state index in [9.17, 15) is 13.6 Å². The molecule has 0 radical (unpaired) electrons. The van der Waals surface area contributed by atoms with Gasteiger partial charge in [-0.1, -0.05) is 0 Å². The summed E-state index contributed by atoms with van der Waals surface area (Å²) < 4.78 is 25.1. The molecule has 0 spiro atoms. The van der Waals surface area contributed by atoms with Crippen molar-refractivity contribution in [3.8, 4) is 0 Å². The Hall–Kier alpha value is -1.72. The van der Waals surface area contributed by atoms with Gasteiger partial charge in [-0.2, -0.15) is 0 Å². The zero-order valence-corrected chi connectivity index (χ0v) is 7.42. The smallest absolute Gasteiger partial charge is 0.265 e. The van der Waals surface area contributed by atoms with Crippen LogP contribution in [0.4, 0.5) is 14.6 Å². The van der Waals surface area contributed by atoms with Gasteiger partial charge in [-0.25, -0.2) is 13.8 Å². The van der Waals surface area contributed by atoms with Gasteiger partial charge < -0.3 is 11.5 Å². The molecule has 0 saturated carbocycles. The number of halogens is 2. The molecule has 0 aliphatic carbocycles. The highest BCUT2D eigenvalue weighted by Gasteiger charge is 2.21. The fourth-order valence-electron chi connectivity index (χ4n) is 1.12. The van der Waals surface area contributed by atoms with E-state index in [4.69, 9.17) is 11.5 Å². The maximum Gasteiger partial charge on any atom is 0.265 e. The van der Waals surface area contributed by atoms with Crippen molar-refractivity contribution < 1.29 is 13.6 Å². The second-order valence-electron chi connectivity index (χ2n) is 2.76. The summed E-state index contributed by atoms with van der Waals surface area (Å²) in [6.07, 6.45) is -1.82.